The van der Waals surface area contributed by atoms with Gasteiger partial charge in [-0.25, -0.2) is 24.1 Å². The van der Waals surface area contributed by atoms with Crippen molar-refractivity contribution in [1.29, 1.82) is 0 Å². The Morgan fingerprint density at radius 2 is 2.08 bits per heavy atom. The van der Waals surface area contributed by atoms with Crippen LogP contribution < -0.4 is 15.0 Å². The third-order valence-corrected chi connectivity index (χ3v) is 7.90. The second-order valence-electron chi connectivity index (χ2n) is 11.6. The van der Waals surface area contributed by atoms with Crippen molar-refractivity contribution in [2.45, 2.75) is 44.8 Å². The van der Waals surface area contributed by atoms with E-state index in [0.29, 0.717) is 56.3 Å². The monoisotopic (exact) mass is 570 g/mol. The number of pyridine rings is 1. The lowest BCUT2D eigenvalue weighted by Gasteiger charge is -2.62. The molecule has 3 aliphatic rings. The van der Waals surface area contributed by atoms with E-state index in [0.717, 1.165) is 18.7 Å². The molecule has 0 unspecified atom stereocenters. The zero-order chi connectivity index (χ0) is 28.1. The van der Waals surface area contributed by atoms with Crippen molar-refractivity contribution in [3.63, 3.8) is 0 Å². The Morgan fingerprint density at radius 3 is 2.77 bits per heavy atom. The third-order valence-electron chi connectivity index (χ3n) is 7.55. The number of carbonyl (C=O) groups is 1. The average Bonchev–Trinajstić information content (AvgIpc) is 3.38. The van der Waals surface area contributed by atoms with Gasteiger partial charge in [0.05, 0.1) is 30.0 Å². The molecule has 12 heteroatoms. The van der Waals surface area contributed by atoms with Crippen molar-refractivity contribution in [2.75, 3.05) is 49.7 Å². The highest BCUT2D eigenvalue weighted by Gasteiger charge is 2.56. The first-order valence-electron chi connectivity index (χ1n) is 13.4. The van der Waals surface area contributed by atoms with E-state index in [9.17, 15) is 4.79 Å². The Kier molecular flexibility index (Phi) is 6.82. The van der Waals surface area contributed by atoms with Crippen molar-refractivity contribution in [2.24, 2.45) is 5.92 Å². The lowest BCUT2D eigenvalue weighted by Crippen LogP contribution is -2.78. The predicted molar refractivity (Wildman–Crippen MR) is 149 cm³/mol. The number of nitrogens with one attached hydrogen (secondary N) is 1. The first kappa shape index (κ1) is 26.8. The van der Waals surface area contributed by atoms with Gasteiger partial charge in [-0.3, -0.25) is 4.90 Å². The molecule has 0 aliphatic carbocycles. The first-order chi connectivity index (χ1) is 19.1. The summed E-state index contributed by atoms with van der Waals surface area (Å²) >= 11 is 6.31. The highest BCUT2D eigenvalue weighted by molar-refractivity contribution is 6.32. The van der Waals surface area contributed by atoms with Crippen LogP contribution in [0.25, 0.3) is 11.0 Å². The molecule has 1 aromatic carbocycles. The lowest BCUT2D eigenvalue weighted by molar-refractivity contribution is -0.0562. The largest absolute Gasteiger partial charge is 0.492 e. The maximum Gasteiger partial charge on any atom is 0.410 e. The number of halogens is 2. The second kappa shape index (κ2) is 10.2. The van der Waals surface area contributed by atoms with Crippen molar-refractivity contribution >= 4 is 46.1 Å². The van der Waals surface area contributed by atoms with Crippen molar-refractivity contribution in [3.05, 3.63) is 41.4 Å². The van der Waals surface area contributed by atoms with Crippen LogP contribution in [0.4, 0.5) is 26.5 Å². The predicted octanol–water partition coefficient (Wildman–Crippen LogP) is 5.18. The SMILES string of the molecule is CC(C)(C)OC(=O)N1CCC12CN(c1ccc3ncnc(Nc4ccc(OC[C@H]5CCOC5)c(Cl)c4F)c3n1)C2. The molecule has 0 bridgehead atoms. The van der Waals surface area contributed by atoms with Gasteiger partial charge < -0.3 is 24.4 Å². The number of amides is 1. The second-order valence-corrected chi connectivity index (χ2v) is 12.0. The van der Waals surface area contributed by atoms with Gasteiger partial charge >= 0.3 is 6.09 Å². The maximum absolute atomic E-state index is 15.2. The van der Waals surface area contributed by atoms with E-state index in [-0.39, 0.29) is 34.0 Å². The molecular weight excluding hydrogens is 539 g/mol. The molecule has 5 heterocycles. The lowest BCUT2D eigenvalue weighted by atomic mass is 9.78. The summed E-state index contributed by atoms with van der Waals surface area (Å²) in [6.45, 7) is 9.36. The van der Waals surface area contributed by atoms with Gasteiger partial charge in [0.15, 0.2) is 11.6 Å². The summed E-state index contributed by atoms with van der Waals surface area (Å²) in [7, 11) is 0. The molecule has 40 heavy (non-hydrogen) atoms. The number of fused-ring (bicyclic) bond motifs is 1. The van der Waals surface area contributed by atoms with E-state index in [1.54, 1.807) is 12.1 Å². The zero-order valence-electron chi connectivity index (χ0n) is 22.7. The molecule has 3 saturated heterocycles. The number of likely N-dealkylation sites (tertiary alicyclic amines) is 1. The Balaban J connectivity index is 1.17. The number of hydrogen-bond acceptors (Lipinski definition) is 9. The van der Waals surface area contributed by atoms with Gasteiger partial charge in [-0.2, -0.15) is 0 Å². The molecule has 212 valence electrons. The van der Waals surface area contributed by atoms with Gasteiger partial charge in [0.25, 0.3) is 0 Å². The summed E-state index contributed by atoms with van der Waals surface area (Å²) in [5.41, 5.74) is 0.486. The average molecular weight is 571 g/mol. The number of benzene rings is 1. The van der Waals surface area contributed by atoms with Crippen LogP contribution in [-0.2, 0) is 9.47 Å². The van der Waals surface area contributed by atoms with Gasteiger partial charge in [-0.1, -0.05) is 11.6 Å². The Bertz CT molecular complexity index is 1440. The summed E-state index contributed by atoms with van der Waals surface area (Å²) in [6, 6.07) is 6.96. The summed E-state index contributed by atoms with van der Waals surface area (Å²) in [5.74, 6) is 1.00. The Morgan fingerprint density at radius 1 is 1.25 bits per heavy atom. The van der Waals surface area contributed by atoms with Gasteiger partial charge in [-0.15, -0.1) is 0 Å². The minimum Gasteiger partial charge on any atom is -0.492 e. The number of anilines is 3. The molecule has 3 fully saturated rings. The molecule has 3 aliphatic heterocycles. The smallest absolute Gasteiger partial charge is 0.410 e. The van der Waals surface area contributed by atoms with E-state index in [2.05, 4.69) is 20.2 Å². The maximum atomic E-state index is 15.2. The van der Waals surface area contributed by atoms with Crippen LogP contribution in [-0.4, -0.2) is 76.5 Å². The summed E-state index contributed by atoms with van der Waals surface area (Å²) in [5, 5.41) is 2.93. The summed E-state index contributed by atoms with van der Waals surface area (Å²) in [4.78, 5) is 30.0. The number of hydrogen-bond donors (Lipinski definition) is 1. The van der Waals surface area contributed by atoms with Crippen LogP contribution in [0.15, 0.2) is 30.6 Å². The molecule has 10 nitrogen and oxygen atoms in total. The highest BCUT2D eigenvalue weighted by Crippen LogP contribution is 2.42. The number of rotatable bonds is 6. The normalized spacial score (nSPS) is 19.9. The molecule has 1 N–H and O–H groups in total. The van der Waals surface area contributed by atoms with Gasteiger partial charge in [0.2, 0.25) is 0 Å². The van der Waals surface area contributed by atoms with Crippen molar-refractivity contribution < 1.29 is 23.4 Å². The first-order valence-corrected chi connectivity index (χ1v) is 13.8. The summed E-state index contributed by atoms with van der Waals surface area (Å²) in [6.07, 6.45) is 2.95. The molecule has 1 atom stereocenters. The minimum atomic E-state index is -0.637. The number of ether oxygens (including phenoxy) is 3. The van der Waals surface area contributed by atoms with Crippen LogP contribution in [0.2, 0.25) is 5.02 Å². The van der Waals surface area contributed by atoms with Crippen LogP contribution in [0, 0.1) is 11.7 Å². The fourth-order valence-corrected chi connectivity index (χ4v) is 5.50. The molecule has 1 amide bonds. The van der Waals surface area contributed by atoms with Gasteiger partial charge in [0.1, 0.15) is 34.0 Å². The molecule has 0 radical (unpaired) electrons. The molecule has 1 spiro atoms. The zero-order valence-corrected chi connectivity index (χ0v) is 23.5. The highest BCUT2D eigenvalue weighted by atomic mass is 35.5. The van der Waals surface area contributed by atoms with E-state index in [1.165, 1.54) is 6.33 Å². The van der Waals surface area contributed by atoms with Gasteiger partial charge in [-0.05, 0) is 57.9 Å². The Labute approximate surface area is 236 Å². The number of carbonyl (C=O) groups excluding carboxylic acids is 1. The molecule has 3 aromatic rings. The molecular formula is C28H32ClFN6O4. The third kappa shape index (κ3) is 5.08. The van der Waals surface area contributed by atoms with Gasteiger partial charge in [0, 0.05) is 32.2 Å². The topological polar surface area (TPSA) is 102 Å². The molecule has 0 saturated carbocycles. The van der Waals surface area contributed by atoms with Crippen LogP contribution in [0.5, 0.6) is 5.75 Å². The van der Waals surface area contributed by atoms with E-state index in [4.69, 9.17) is 30.8 Å². The minimum absolute atomic E-state index is 0.100. The van der Waals surface area contributed by atoms with E-state index in [1.807, 2.05) is 37.8 Å². The van der Waals surface area contributed by atoms with Crippen LogP contribution >= 0.6 is 11.6 Å². The van der Waals surface area contributed by atoms with E-state index >= 15 is 4.39 Å². The summed E-state index contributed by atoms with van der Waals surface area (Å²) < 4.78 is 31.9. The van der Waals surface area contributed by atoms with Crippen LogP contribution in [0.1, 0.15) is 33.6 Å². The molecule has 6 rings (SSSR count). The Hall–Kier alpha value is -3.44. The van der Waals surface area contributed by atoms with Crippen LogP contribution in [0.3, 0.4) is 0 Å². The number of aromatic nitrogens is 3. The standard InChI is InChI=1S/C28H32ClFN6O4/c1-27(2,3)40-26(37)36-10-9-28(36)14-35(15-28)21-7-5-19-24(34-21)25(32-16-31-19)33-18-4-6-20(22(29)23(18)30)39-13-17-8-11-38-12-17/h4-7,16-17H,8-15H2,1-3H3,(H,31,32,33)/t17-/m0/s1. The van der Waals surface area contributed by atoms with Crippen molar-refractivity contribution in [3.8, 4) is 5.75 Å². The fraction of sp³-hybridized carbons (Fsp3) is 0.500. The fourth-order valence-electron chi connectivity index (χ4n) is 5.28. The molecule has 2 aromatic heterocycles. The number of nitrogens with zero attached hydrogens (tertiary/aromatic N) is 5. The van der Waals surface area contributed by atoms with Crippen molar-refractivity contribution in [1.82, 2.24) is 19.9 Å². The quantitative estimate of drug-likeness (QED) is 0.429. The van der Waals surface area contributed by atoms with E-state index < -0.39 is 11.4 Å².